The summed E-state index contributed by atoms with van der Waals surface area (Å²) in [6.07, 6.45) is 0. The lowest BCUT2D eigenvalue weighted by Crippen LogP contribution is -2.38. The number of aryl methyl sites for hydroxylation is 1. The fourth-order valence-electron chi connectivity index (χ4n) is 3.78. The summed E-state index contributed by atoms with van der Waals surface area (Å²) in [5, 5.41) is 3.02. The van der Waals surface area contributed by atoms with E-state index in [1.54, 1.807) is 72.8 Å². The predicted octanol–water partition coefficient (Wildman–Crippen LogP) is 5.72. The van der Waals surface area contributed by atoms with Gasteiger partial charge in [-0.1, -0.05) is 59.6 Å². The van der Waals surface area contributed by atoms with Gasteiger partial charge in [0.25, 0.3) is 10.0 Å². The summed E-state index contributed by atoms with van der Waals surface area (Å²) in [4.78, 5) is 26.4. The Bertz CT molecular complexity index is 1560. The fourth-order valence-corrected chi connectivity index (χ4v) is 5.37. The summed E-state index contributed by atoms with van der Waals surface area (Å²) in [6.45, 7) is 1.32. The molecule has 0 aromatic heterocycles. The standard InChI is InChI=1S/C29H25ClN2O5S/c1-20-8-15-25(16-9-20)38(35,36)32(23-11-13-24(37-2)14-12-23)19-28(33)31-27-17-10-22(30)18-26(27)29(34)21-6-4-3-5-7-21/h3-18H,19H2,1-2H3,(H,31,33). The normalized spacial score (nSPS) is 11.0. The smallest absolute Gasteiger partial charge is 0.264 e. The second kappa shape index (κ2) is 11.5. The molecule has 0 fully saturated rings. The van der Waals surface area contributed by atoms with Crippen LogP contribution in [-0.2, 0) is 14.8 Å². The van der Waals surface area contributed by atoms with E-state index in [0.29, 0.717) is 16.3 Å². The lowest BCUT2D eigenvalue weighted by Gasteiger charge is -2.24. The number of carbonyl (C=O) groups excluding carboxylic acids is 2. The molecule has 1 N–H and O–H groups in total. The second-order valence-electron chi connectivity index (χ2n) is 8.46. The molecule has 4 rings (SSSR count). The third-order valence-electron chi connectivity index (χ3n) is 5.79. The Morgan fingerprint density at radius 1 is 0.895 bits per heavy atom. The topological polar surface area (TPSA) is 92.8 Å². The minimum Gasteiger partial charge on any atom is -0.497 e. The zero-order valence-corrected chi connectivity index (χ0v) is 22.3. The summed E-state index contributed by atoms with van der Waals surface area (Å²) in [5.74, 6) is -0.431. The number of ether oxygens (including phenoxy) is 1. The van der Waals surface area contributed by atoms with Crippen molar-refractivity contribution in [2.24, 2.45) is 0 Å². The van der Waals surface area contributed by atoms with Gasteiger partial charge >= 0.3 is 0 Å². The van der Waals surface area contributed by atoms with Crippen LogP contribution >= 0.6 is 11.6 Å². The molecular weight excluding hydrogens is 524 g/mol. The van der Waals surface area contributed by atoms with Crippen LogP contribution in [0.2, 0.25) is 5.02 Å². The van der Waals surface area contributed by atoms with Crippen LogP contribution in [0.5, 0.6) is 5.75 Å². The number of anilines is 2. The van der Waals surface area contributed by atoms with Gasteiger partial charge in [0.1, 0.15) is 12.3 Å². The molecule has 0 unspecified atom stereocenters. The number of halogens is 1. The molecule has 0 aliphatic carbocycles. The van der Waals surface area contributed by atoms with Crippen molar-refractivity contribution in [3.63, 3.8) is 0 Å². The van der Waals surface area contributed by atoms with E-state index >= 15 is 0 Å². The Hall–Kier alpha value is -4.14. The maximum Gasteiger partial charge on any atom is 0.264 e. The molecular formula is C29H25ClN2O5S. The number of nitrogens with one attached hydrogen (secondary N) is 1. The van der Waals surface area contributed by atoms with Gasteiger partial charge in [0, 0.05) is 16.1 Å². The number of sulfonamides is 1. The molecule has 0 bridgehead atoms. The van der Waals surface area contributed by atoms with E-state index in [9.17, 15) is 18.0 Å². The molecule has 9 heteroatoms. The van der Waals surface area contributed by atoms with Crippen molar-refractivity contribution in [3.8, 4) is 5.75 Å². The van der Waals surface area contributed by atoms with Gasteiger partial charge in [-0.25, -0.2) is 8.42 Å². The minimum absolute atomic E-state index is 0.0400. The quantitative estimate of drug-likeness (QED) is 0.270. The highest BCUT2D eigenvalue weighted by molar-refractivity contribution is 7.92. The van der Waals surface area contributed by atoms with Crippen molar-refractivity contribution in [2.45, 2.75) is 11.8 Å². The summed E-state index contributed by atoms with van der Waals surface area (Å²) in [5.41, 5.74) is 2.01. The van der Waals surface area contributed by atoms with Gasteiger partial charge in [0.2, 0.25) is 5.91 Å². The van der Waals surface area contributed by atoms with E-state index in [0.717, 1.165) is 9.87 Å². The lowest BCUT2D eigenvalue weighted by molar-refractivity contribution is -0.114. The predicted molar refractivity (Wildman–Crippen MR) is 149 cm³/mol. The number of carbonyl (C=O) groups is 2. The molecule has 0 radical (unpaired) electrons. The van der Waals surface area contributed by atoms with Crippen molar-refractivity contribution in [2.75, 3.05) is 23.3 Å². The van der Waals surface area contributed by atoms with Crippen molar-refractivity contribution in [1.29, 1.82) is 0 Å². The molecule has 4 aromatic carbocycles. The Balaban J connectivity index is 1.67. The van der Waals surface area contributed by atoms with Gasteiger partial charge in [-0.05, 0) is 61.5 Å². The van der Waals surface area contributed by atoms with Crippen LogP contribution in [0.15, 0.2) is 102 Å². The monoisotopic (exact) mass is 548 g/mol. The van der Waals surface area contributed by atoms with Crippen molar-refractivity contribution >= 4 is 44.7 Å². The van der Waals surface area contributed by atoms with Crippen molar-refractivity contribution in [1.82, 2.24) is 0 Å². The van der Waals surface area contributed by atoms with Crippen LogP contribution in [0.3, 0.4) is 0 Å². The van der Waals surface area contributed by atoms with Crippen LogP contribution in [0.1, 0.15) is 21.5 Å². The summed E-state index contributed by atoms with van der Waals surface area (Å²) in [6, 6.07) is 25.8. The zero-order valence-electron chi connectivity index (χ0n) is 20.7. The maximum absolute atomic E-state index is 13.6. The summed E-state index contributed by atoms with van der Waals surface area (Å²) >= 11 is 6.15. The zero-order chi connectivity index (χ0) is 27.3. The first-order valence-electron chi connectivity index (χ1n) is 11.6. The second-order valence-corrected chi connectivity index (χ2v) is 10.8. The molecule has 0 aliphatic heterocycles. The van der Waals surface area contributed by atoms with E-state index in [2.05, 4.69) is 5.32 Å². The van der Waals surface area contributed by atoms with Gasteiger partial charge in [-0.3, -0.25) is 13.9 Å². The van der Waals surface area contributed by atoms with Crippen molar-refractivity contribution in [3.05, 3.63) is 119 Å². The summed E-state index contributed by atoms with van der Waals surface area (Å²) < 4.78 is 33.5. The highest BCUT2D eigenvalue weighted by Crippen LogP contribution is 2.27. The van der Waals surface area contributed by atoms with Gasteiger partial charge in [-0.2, -0.15) is 0 Å². The molecule has 194 valence electrons. The van der Waals surface area contributed by atoms with E-state index in [-0.39, 0.29) is 27.6 Å². The first-order valence-corrected chi connectivity index (χ1v) is 13.4. The largest absolute Gasteiger partial charge is 0.497 e. The molecule has 0 atom stereocenters. The van der Waals surface area contributed by atoms with Crippen LogP contribution in [0, 0.1) is 6.92 Å². The number of nitrogens with zero attached hydrogens (tertiary/aromatic N) is 1. The first kappa shape index (κ1) is 26.9. The fraction of sp³-hybridized carbons (Fsp3) is 0.103. The van der Waals surface area contributed by atoms with Crippen LogP contribution in [0.25, 0.3) is 0 Å². The Labute approximate surface area is 226 Å². The van der Waals surface area contributed by atoms with Crippen LogP contribution in [-0.4, -0.2) is 33.8 Å². The summed E-state index contributed by atoms with van der Waals surface area (Å²) in [7, 11) is -2.61. The number of hydrogen-bond acceptors (Lipinski definition) is 5. The number of ketones is 1. The average molecular weight is 549 g/mol. The van der Waals surface area contributed by atoms with E-state index < -0.39 is 22.5 Å². The Morgan fingerprint density at radius 2 is 1.55 bits per heavy atom. The van der Waals surface area contributed by atoms with Gasteiger partial charge < -0.3 is 10.1 Å². The van der Waals surface area contributed by atoms with E-state index in [1.165, 1.54) is 31.4 Å². The average Bonchev–Trinajstić information content (AvgIpc) is 2.93. The van der Waals surface area contributed by atoms with E-state index in [1.807, 2.05) is 6.92 Å². The number of hydrogen-bond donors (Lipinski definition) is 1. The molecule has 4 aromatic rings. The lowest BCUT2D eigenvalue weighted by atomic mass is 10.0. The highest BCUT2D eigenvalue weighted by Gasteiger charge is 2.28. The van der Waals surface area contributed by atoms with E-state index in [4.69, 9.17) is 16.3 Å². The number of methoxy groups -OCH3 is 1. The molecule has 38 heavy (non-hydrogen) atoms. The molecule has 0 saturated carbocycles. The number of amides is 1. The van der Waals surface area contributed by atoms with Crippen molar-refractivity contribution < 1.29 is 22.7 Å². The third kappa shape index (κ3) is 6.04. The molecule has 7 nitrogen and oxygen atoms in total. The molecule has 0 heterocycles. The minimum atomic E-state index is -4.11. The Morgan fingerprint density at radius 3 is 2.18 bits per heavy atom. The highest BCUT2D eigenvalue weighted by atomic mass is 35.5. The Kier molecular flexibility index (Phi) is 8.14. The molecule has 0 spiro atoms. The van der Waals surface area contributed by atoms with Crippen LogP contribution in [0.4, 0.5) is 11.4 Å². The van der Waals surface area contributed by atoms with Gasteiger partial charge in [0.05, 0.1) is 23.4 Å². The van der Waals surface area contributed by atoms with Gasteiger partial charge in [-0.15, -0.1) is 0 Å². The maximum atomic E-state index is 13.6. The molecule has 1 amide bonds. The molecule has 0 aliphatic rings. The first-order chi connectivity index (χ1) is 18.2. The van der Waals surface area contributed by atoms with Gasteiger partial charge in [0.15, 0.2) is 5.78 Å². The number of benzene rings is 4. The SMILES string of the molecule is COc1ccc(N(CC(=O)Nc2ccc(Cl)cc2C(=O)c2ccccc2)S(=O)(=O)c2ccc(C)cc2)cc1. The number of rotatable bonds is 9. The van der Waals surface area contributed by atoms with Crippen LogP contribution < -0.4 is 14.4 Å². The third-order valence-corrected chi connectivity index (χ3v) is 7.82. The molecule has 0 saturated heterocycles.